The molecule has 2 unspecified atom stereocenters. The van der Waals surface area contributed by atoms with Gasteiger partial charge in [0.15, 0.2) is 0 Å². The molecule has 21 heavy (non-hydrogen) atoms. The molecule has 1 aromatic heterocycles. The summed E-state index contributed by atoms with van der Waals surface area (Å²) >= 11 is 0. The second kappa shape index (κ2) is 6.43. The third-order valence-electron chi connectivity index (χ3n) is 3.57. The number of ether oxygens (including phenoxy) is 1. The van der Waals surface area contributed by atoms with Crippen molar-refractivity contribution in [2.45, 2.75) is 64.3 Å². The third-order valence-corrected chi connectivity index (χ3v) is 3.57. The number of aromatic nitrogens is 3. The number of nitrogens with zero attached hydrogens (tertiary/aromatic N) is 3. The van der Waals surface area contributed by atoms with Gasteiger partial charge in [-0.2, -0.15) is 0 Å². The van der Waals surface area contributed by atoms with Gasteiger partial charge in [-0.3, -0.25) is 4.68 Å². The Hall–Kier alpha value is -1.63. The maximum Gasteiger partial charge on any atom is 0.407 e. The van der Waals surface area contributed by atoms with Crippen molar-refractivity contribution in [1.82, 2.24) is 25.6 Å². The van der Waals surface area contributed by atoms with Crippen LogP contribution in [0.3, 0.4) is 0 Å². The largest absolute Gasteiger partial charge is 0.444 e. The van der Waals surface area contributed by atoms with Crippen molar-refractivity contribution in [2.75, 3.05) is 0 Å². The third kappa shape index (κ3) is 4.70. The quantitative estimate of drug-likeness (QED) is 0.876. The normalized spacial score (nSPS) is 22.3. The standard InChI is InChI=1S/C14H25N5O2/c1-14(2,3)21-13(20)17-12-7-5-6-11(12)15-8-10-9-16-18-19(10)4/h9,11-12,15H,5-8H2,1-4H3,(H,17,20). The van der Waals surface area contributed by atoms with Gasteiger partial charge in [-0.25, -0.2) is 4.79 Å². The minimum absolute atomic E-state index is 0.112. The molecule has 0 radical (unpaired) electrons. The van der Waals surface area contributed by atoms with Crippen LogP contribution >= 0.6 is 0 Å². The lowest BCUT2D eigenvalue weighted by Gasteiger charge is -2.25. The van der Waals surface area contributed by atoms with E-state index in [1.54, 1.807) is 10.9 Å². The average molecular weight is 295 g/mol. The highest BCUT2D eigenvalue weighted by atomic mass is 16.6. The second-order valence-electron chi connectivity index (χ2n) is 6.52. The van der Waals surface area contributed by atoms with Crippen LogP contribution in [-0.4, -0.2) is 38.8 Å². The Morgan fingerprint density at radius 2 is 2.14 bits per heavy atom. The van der Waals surface area contributed by atoms with Crippen molar-refractivity contribution < 1.29 is 9.53 Å². The molecule has 1 fully saturated rings. The zero-order valence-electron chi connectivity index (χ0n) is 13.2. The lowest BCUT2D eigenvalue weighted by atomic mass is 10.1. The number of amides is 1. The first-order chi connectivity index (χ1) is 9.85. The predicted octanol–water partition coefficient (Wildman–Crippen LogP) is 1.35. The second-order valence-corrected chi connectivity index (χ2v) is 6.52. The number of nitrogens with one attached hydrogen (secondary N) is 2. The van der Waals surface area contributed by atoms with E-state index in [9.17, 15) is 4.79 Å². The molecule has 1 heterocycles. The van der Waals surface area contributed by atoms with Crippen LogP contribution in [0.15, 0.2) is 6.20 Å². The summed E-state index contributed by atoms with van der Waals surface area (Å²) in [7, 11) is 1.87. The lowest BCUT2D eigenvalue weighted by molar-refractivity contribution is 0.0498. The van der Waals surface area contributed by atoms with Crippen molar-refractivity contribution in [3.8, 4) is 0 Å². The van der Waals surface area contributed by atoms with Gasteiger partial charge in [0.25, 0.3) is 0 Å². The van der Waals surface area contributed by atoms with Gasteiger partial charge in [-0.15, -0.1) is 5.10 Å². The van der Waals surface area contributed by atoms with Crippen LogP contribution in [0.2, 0.25) is 0 Å². The predicted molar refractivity (Wildman–Crippen MR) is 78.6 cm³/mol. The molecule has 1 amide bonds. The number of aryl methyl sites for hydroxylation is 1. The fourth-order valence-corrected chi connectivity index (χ4v) is 2.54. The van der Waals surface area contributed by atoms with Crippen LogP contribution in [-0.2, 0) is 18.3 Å². The van der Waals surface area contributed by atoms with Gasteiger partial charge in [-0.05, 0) is 40.0 Å². The first-order valence-corrected chi connectivity index (χ1v) is 7.41. The molecule has 0 spiro atoms. The van der Waals surface area contributed by atoms with E-state index in [0.29, 0.717) is 6.54 Å². The molecule has 118 valence electrons. The van der Waals surface area contributed by atoms with Gasteiger partial charge in [-0.1, -0.05) is 5.21 Å². The van der Waals surface area contributed by atoms with E-state index in [1.165, 1.54) is 0 Å². The maximum atomic E-state index is 11.9. The first-order valence-electron chi connectivity index (χ1n) is 7.41. The summed E-state index contributed by atoms with van der Waals surface area (Å²) in [4.78, 5) is 11.9. The Labute approximate surface area is 125 Å². The summed E-state index contributed by atoms with van der Waals surface area (Å²) in [5.74, 6) is 0. The number of hydrogen-bond donors (Lipinski definition) is 2. The average Bonchev–Trinajstić information content (AvgIpc) is 2.93. The van der Waals surface area contributed by atoms with Crippen LogP contribution in [0.5, 0.6) is 0 Å². The van der Waals surface area contributed by atoms with Gasteiger partial charge >= 0.3 is 6.09 Å². The Bertz CT molecular complexity index is 480. The van der Waals surface area contributed by atoms with Gasteiger partial charge < -0.3 is 15.4 Å². The molecule has 2 atom stereocenters. The number of carbonyl (C=O) groups excluding carboxylic acids is 1. The maximum absolute atomic E-state index is 11.9. The molecule has 1 aliphatic rings. The van der Waals surface area contributed by atoms with E-state index in [1.807, 2.05) is 27.8 Å². The highest BCUT2D eigenvalue weighted by Crippen LogP contribution is 2.20. The van der Waals surface area contributed by atoms with Crippen LogP contribution in [0, 0.1) is 0 Å². The molecule has 2 N–H and O–H groups in total. The molecule has 2 rings (SSSR count). The zero-order chi connectivity index (χ0) is 15.5. The molecule has 0 aromatic carbocycles. The molecule has 0 aliphatic heterocycles. The highest BCUT2D eigenvalue weighted by Gasteiger charge is 2.29. The monoisotopic (exact) mass is 295 g/mol. The SMILES string of the molecule is Cn1nncc1CNC1CCCC1NC(=O)OC(C)(C)C. The molecular formula is C14H25N5O2. The summed E-state index contributed by atoms with van der Waals surface area (Å²) in [6.45, 7) is 6.30. The molecule has 7 heteroatoms. The summed E-state index contributed by atoms with van der Waals surface area (Å²) in [5.41, 5.74) is 0.560. The summed E-state index contributed by atoms with van der Waals surface area (Å²) < 4.78 is 7.06. The Morgan fingerprint density at radius 3 is 2.76 bits per heavy atom. The van der Waals surface area contributed by atoms with Crippen LogP contribution in [0.4, 0.5) is 4.79 Å². The molecule has 1 saturated carbocycles. The Morgan fingerprint density at radius 1 is 1.43 bits per heavy atom. The zero-order valence-corrected chi connectivity index (χ0v) is 13.2. The molecule has 7 nitrogen and oxygen atoms in total. The highest BCUT2D eigenvalue weighted by molar-refractivity contribution is 5.68. The number of hydrogen-bond acceptors (Lipinski definition) is 5. The molecular weight excluding hydrogens is 270 g/mol. The summed E-state index contributed by atoms with van der Waals surface area (Å²) in [5, 5.41) is 14.2. The van der Waals surface area contributed by atoms with E-state index >= 15 is 0 Å². The smallest absolute Gasteiger partial charge is 0.407 e. The van der Waals surface area contributed by atoms with Crippen LogP contribution in [0.1, 0.15) is 45.7 Å². The fourth-order valence-electron chi connectivity index (χ4n) is 2.54. The van der Waals surface area contributed by atoms with Gasteiger partial charge in [0.05, 0.1) is 11.9 Å². The van der Waals surface area contributed by atoms with E-state index in [0.717, 1.165) is 25.0 Å². The van der Waals surface area contributed by atoms with Crippen molar-refractivity contribution in [1.29, 1.82) is 0 Å². The lowest BCUT2D eigenvalue weighted by Crippen LogP contribution is -2.47. The number of alkyl carbamates (subject to hydrolysis) is 1. The Kier molecular flexibility index (Phi) is 4.82. The summed E-state index contributed by atoms with van der Waals surface area (Å²) in [6, 6.07) is 0.369. The minimum Gasteiger partial charge on any atom is -0.444 e. The number of rotatable bonds is 4. The van der Waals surface area contributed by atoms with Crippen molar-refractivity contribution in [3.05, 3.63) is 11.9 Å². The van der Waals surface area contributed by atoms with Gasteiger partial charge in [0.2, 0.25) is 0 Å². The topological polar surface area (TPSA) is 81.1 Å². The molecule has 0 saturated heterocycles. The van der Waals surface area contributed by atoms with E-state index < -0.39 is 5.60 Å². The van der Waals surface area contributed by atoms with Crippen molar-refractivity contribution in [2.24, 2.45) is 7.05 Å². The van der Waals surface area contributed by atoms with Gasteiger partial charge in [0, 0.05) is 25.7 Å². The van der Waals surface area contributed by atoms with E-state index in [2.05, 4.69) is 20.9 Å². The fraction of sp³-hybridized carbons (Fsp3) is 0.786. The minimum atomic E-state index is -0.466. The number of carbonyl (C=O) groups is 1. The van der Waals surface area contributed by atoms with Crippen LogP contribution in [0.25, 0.3) is 0 Å². The summed E-state index contributed by atoms with van der Waals surface area (Å²) in [6.07, 6.45) is 4.52. The van der Waals surface area contributed by atoms with E-state index in [4.69, 9.17) is 4.74 Å². The molecule has 1 aliphatic carbocycles. The Balaban J connectivity index is 1.83. The van der Waals surface area contributed by atoms with Crippen LogP contribution < -0.4 is 10.6 Å². The van der Waals surface area contributed by atoms with Crippen molar-refractivity contribution >= 4 is 6.09 Å². The molecule has 0 bridgehead atoms. The molecule has 1 aromatic rings. The first kappa shape index (κ1) is 15.8. The van der Waals surface area contributed by atoms with Gasteiger partial charge in [0.1, 0.15) is 5.60 Å². The van der Waals surface area contributed by atoms with E-state index in [-0.39, 0.29) is 18.2 Å². The van der Waals surface area contributed by atoms with Crippen molar-refractivity contribution in [3.63, 3.8) is 0 Å².